The molecule has 1 unspecified atom stereocenters. The molecule has 1 aromatic carbocycles. The van der Waals surface area contributed by atoms with Gasteiger partial charge in [-0.15, -0.1) is 11.3 Å². The summed E-state index contributed by atoms with van der Waals surface area (Å²) in [7, 11) is 3.71. The summed E-state index contributed by atoms with van der Waals surface area (Å²) in [6.45, 7) is 0.462. The van der Waals surface area contributed by atoms with Gasteiger partial charge in [-0.3, -0.25) is 15.1 Å². The molecule has 0 aliphatic carbocycles. The number of halogens is 1. The fraction of sp³-hybridized carbons (Fsp3) is 0.261. The fourth-order valence-corrected chi connectivity index (χ4v) is 4.25. The lowest BCUT2D eigenvalue weighted by atomic mass is 10.0. The van der Waals surface area contributed by atoms with Gasteiger partial charge in [0, 0.05) is 44.0 Å². The molecule has 0 fully saturated rings. The summed E-state index contributed by atoms with van der Waals surface area (Å²) in [5.74, 6) is -0.460. The molecule has 3 N–H and O–H groups in total. The highest BCUT2D eigenvalue weighted by molar-refractivity contribution is 7.07. The Morgan fingerprint density at radius 1 is 1.21 bits per heavy atom. The van der Waals surface area contributed by atoms with E-state index >= 15 is 0 Å². The molecule has 2 atom stereocenters. The van der Waals surface area contributed by atoms with E-state index in [9.17, 15) is 9.18 Å². The Morgan fingerprint density at radius 3 is 2.64 bits per heavy atom. The third-order valence-corrected chi connectivity index (χ3v) is 6.06. The summed E-state index contributed by atoms with van der Waals surface area (Å²) in [5, 5.41) is 12.1. The van der Waals surface area contributed by atoms with Gasteiger partial charge in [-0.2, -0.15) is 5.01 Å². The van der Waals surface area contributed by atoms with Gasteiger partial charge in [-0.05, 0) is 42.3 Å². The van der Waals surface area contributed by atoms with Gasteiger partial charge in [0.2, 0.25) is 5.91 Å². The van der Waals surface area contributed by atoms with Crippen molar-refractivity contribution in [2.75, 3.05) is 14.1 Å². The molecule has 0 saturated carbocycles. The molecule has 3 heterocycles. The zero-order chi connectivity index (χ0) is 23.2. The first-order chi connectivity index (χ1) is 16.0. The topological polar surface area (TPSA) is 85.4 Å². The standard InChI is InChI=1S/C23H26FN7OS/c1-25-31-21(17-7-9-26-10-8-17)12-22(30(31)2)29-23(32)20(27-13-19-14-33-15-28-19)11-16-3-5-18(24)6-4-16/h3-10,12,14-15,20,22,25,27H,11,13H2,1-2H3,(H,29,32)/t20-,22?/m0/s1. The van der Waals surface area contributed by atoms with Crippen LogP contribution in [0.2, 0.25) is 0 Å². The third-order valence-electron chi connectivity index (χ3n) is 5.42. The van der Waals surface area contributed by atoms with Crippen LogP contribution in [0.5, 0.6) is 0 Å². The maximum absolute atomic E-state index is 13.3. The van der Waals surface area contributed by atoms with Crippen LogP contribution in [0.1, 0.15) is 16.8 Å². The van der Waals surface area contributed by atoms with Crippen LogP contribution < -0.4 is 16.1 Å². The van der Waals surface area contributed by atoms with Crippen LogP contribution in [0.4, 0.5) is 4.39 Å². The van der Waals surface area contributed by atoms with Crippen molar-refractivity contribution in [3.05, 3.63) is 88.4 Å². The number of hydrazine groups is 2. The van der Waals surface area contributed by atoms with Gasteiger partial charge in [0.25, 0.3) is 0 Å². The Bertz CT molecular complexity index is 1080. The van der Waals surface area contributed by atoms with E-state index in [1.165, 1.54) is 23.5 Å². The van der Waals surface area contributed by atoms with Gasteiger partial charge in [0.15, 0.2) is 0 Å². The number of nitrogens with one attached hydrogen (secondary N) is 3. The number of aromatic nitrogens is 2. The Balaban J connectivity index is 1.51. The van der Waals surface area contributed by atoms with Gasteiger partial charge in [-0.25, -0.2) is 19.9 Å². The van der Waals surface area contributed by atoms with Crippen LogP contribution in [0.25, 0.3) is 5.70 Å². The van der Waals surface area contributed by atoms with Crippen LogP contribution in [-0.4, -0.2) is 52.3 Å². The van der Waals surface area contributed by atoms with Crippen molar-refractivity contribution < 1.29 is 9.18 Å². The molecule has 3 aromatic rings. The average molecular weight is 468 g/mol. The largest absolute Gasteiger partial charge is 0.334 e. The summed E-state index contributed by atoms with van der Waals surface area (Å²) >= 11 is 1.51. The molecule has 10 heteroatoms. The number of amides is 1. The van der Waals surface area contributed by atoms with E-state index < -0.39 is 6.04 Å². The second-order valence-electron chi connectivity index (χ2n) is 7.59. The summed E-state index contributed by atoms with van der Waals surface area (Å²) in [6.07, 6.45) is 5.52. The molecular weight excluding hydrogens is 441 g/mol. The SMILES string of the molecule is CNN1C(c2ccncc2)=CC(NC(=O)[C@H](Cc2ccc(F)cc2)NCc2cscn2)N1C. The monoisotopic (exact) mass is 467 g/mol. The van der Waals surface area contributed by atoms with Gasteiger partial charge in [-0.1, -0.05) is 12.1 Å². The number of pyridine rings is 1. The maximum Gasteiger partial charge on any atom is 0.239 e. The minimum atomic E-state index is -0.521. The number of benzene rings is 1. The minimum absolute atomic E-state index is 0.158. The van der Waals surface area contributed by atoms with E-state index in [1.807, 2.05) is 47.8 Å². The lowest BCUT2D eigenvalue weighted by Gasteiger charge is -2.32. The smallest absolute Gasteiger partial charge is 0.239 e. The van der Waals surface area contributed by atoms with Gasteiger partial charge < -0.3 is 5.32 Å². The van der Waals surface area contributed by atoms with E-state index in [1.54, 1.807) is 30.0 Å². The number of carbonyl (C=O) groups is 1. The van der Waals surface area contributed by atoms with Crippen molar-refractivity contribution in [2.45, 2.75) is 25.2 Å². The molecule has 1 aliphatic rings. The van der Waals surface area contributed by atoms with Crippen molar-refractivity contribution >= 4 is 22.9 Å². The van der Waals surface area contributed by atoms with Crippen LogP contribution in [0.3, 0.4) is 0 Å². The van der Waals surface area contributed by atoms with E-state index in [4.69, 9.17) is 0 Å². The van der Waals surface area contributed by atoms with E-state index in [0.29, 0.717) is 13.0 Å². The Morgan fingerprint density at radius 2 is 1.97 bits per heavy atom. The highest BCUT2D eigenvalue weighted by Gasteiger charge is 2.32. The first kappa shape index (κ1) is 23.0. The van der Waals surface area contributed by atoms with Crippen molar-refractivity contribution in [2.24, 2.45) is 0 Å². The molecule has 0 spiro atoms. The summed E-state index contributed by atoms with van der Waals surface area (Å²) in [6, 6.07) is 9.53. The normalized spacial score (nSPS) is 17.1. The van der Waals surface area contributed by atoms with E-state index in [0.717, 1.165) is 22.5 Å². The van der Waals surface area contributed by atoms with E-state index in [2.05, 4.69) is 26.0 Å². The molecule has 2 aromatic heterocycles. The lowest BCUT2D eigenvalue weighted by Crippen LogP contribution is -2.55. The third kappa shape index (κ3) is 5.60. The van der Waals surface area contributed by atoms with Crippen LogP contribution in [0.15, 0.2) is 65.8 Å². The summed E-state index contributed by atoms with van der Waals surface area (Å²) < 4.78 is 13.3. The predicted molar refractivity (Wildman–Crippen MR) is 126 cm³/mol. The van der Waals surface area contributed by atoms with Crippen molar-refractivity contribution in [1.29, 1.82) is 0 Å². The van der Waals surface area contributed by atoms with Crippen molar-refractivity contribution in [3.63, 3.8) is 0 Å². The molecule has 172 valence electrons. The fourth-order valence-electron chi connectivity index (χ4n) is 3.69. The van der Waals surface area contributed by atoms with E-state index in [-0.39, 0.29) is 17.9 Å². The van der Waals surface area contributed by atoms with Gasteiger partial charge >= 0.3 is 0 Å². The summed E-state index contributed by atoms with van der Waals surface area (Å²) in [4.78, 5) is 21.7. The molecule has 1 amide bonds. The summed E-state index contributed by atoms with van der Waals surface area (Å²) in [5.41, 5.74) is 8.54. The van der Waals surface area contributed by atoms with Crippen molar-refractivity contribution in [1.82, 2.24) is 36.2 Å². The lowest BCUT2D eigenvalue weighted by molar-refractivity contribution is -0.126. The molecular formula is C23H26FN7OS. The van der Waals surface area contributed by atoms with Gasteiger partial charge in [0.1, 0.15) is 12.0 Å². The molecule has 0 bridgehead atoms. The Labute approximate surface area is 196 Å². The van der Waals surface area contributed by atoms with Crippen LogP contribution in [0, 0.1) is 5.82 Å². The number of rotatable bonds is 9. The number of likely N-dealkylation sites (N-methyl/N-ethyl adjacent to an activating group) is 1. The number of carbonyl (C=O) groups excluding carboxylic acids is 1. The zero-order valence-corrected chi connectivity index (χ0v) is 19.2. The zero-order valence-electron chi connectivity index (χ0n) is 18.4. The number of hydrogen-bond acceptors (Lipinski definition) is 8. The molecule has 0 radical (unpaired) electrons. The number of hydrogen-bond donors (Lipinski definition) is 3. The second-order valence-corrected chi connectivity index (χ2v) is 8.31. The van der Waals surface area contributed by atoms with Crippen LogP contribution in [-0.2, 0) is 17.8 Å². The highest BCUT2D eigenvalue weighted by atomic mass is 32.1. The molecule has 33 heavy (non-hydrogen) atoms. The number of thiazole rings is 1. The maximum atomic E-state index is 13.3. The first-order valence-corrected chi connectivity index (χ1v) is 11.5. The highest BCUT2D eigenvalue weighted by Crippen LogP contribution is 2.26. The quantitative estimate of drug-likeness (QED) is 0.445. The molecule has 4 rings (SSSR count). The molecule has 8 nitrogen and oxygen atoms in total. The molecule has 0 saturated heterocycles. The predicted octanol–water partition coefficient (Wildman–Crippen LogP) is 2.16. The van der Waals surface area contributed by atoms with Gasteiger partial charge in [0.05, 0.1) is 22.9 Å². The average Bonchev–Trinajstić information content (AvgIpc) is 3.46. The molecule has 1 aliphatic heterocycles. The first-order valence-electron chi connectivity index (χ1n) is 10.5. The number of nitrogens with zero attached hydrogens (tertiary/aromatic N) is 4. The Hall–Kier alpha value is -3.18. The Kier molecular flexibility index (Phi) is 7.40. The van der Waals surface area contributed by atoms with Crippen LogP contribution >= 0.6 is 11.3 Å². The second kappa shape index (κ2) is 10.6. The van der Waals surface area contributed by atoms with Crippen molar-refractivity contribution in [3.8, 4) is 0 Å². The minimum Gasteiger partial charge on any atom is -0.334 e.